The van der Waals surface area contributed by atoms with Gasteiger partial charge in [0.15, 0.2) is 0 Å². The van der Waals surface area contributed by atoms with Crippen LogP contribution in [0.5, 0.6) is 0 Å². The average Bonchev–Trinajstić information content (AvgIpc) is 3.29. The van der Waals surface area contributed by atoms with E-state index in [9.17, 15) is 18.0 Å². The first-order valence-electron chi connectivity index (χ1n) is 10.1. The van der Waals surface area contributed by atoms with E-state index in [1.165, 1.54) is 27.8 Å². The molecule has 1 aromatic carbocycles. The van der Waals surface area contributed by atoms with Crippen LogP contribution in [-0.4, -0.2) is 55.6 Å². The van der Waals surface area contributed by atoms with Crippen molar-refractivity contribution in [1.29, 1.82) is 0 Å². The minimum Gasteiger partial charge on any atom is -0.337 e. The van der Waals surface area contributed by atoms with Gasteiger partial charge in [0, 0.05) is 31.9 Å². The van der Waals surface area contributed by atoms with E-state index in [-0.39, 0.29) is 22.6 Å². The Labute approximate surface area is 181 Å². The highest BCUT2D eigenvalue weighted by atomic mass is 32.2. The molecule has 0 radical (unpaired) electrons. The zero-order chi connectivity index (χ0) is 21.7. The summed E-state index contributed by atoms with van der Waals surface area (Å²) in [6, 6.07) is 9.87. The molecule has 3 rings (SSSR count). The van der Waals surface area contributed by atoms with Crippen LogP contribution in [0.4, 0.5) is 5.69 Å². The summed E-state index contributed by atoms with van der Waals surface area (Å²) in [6.07, 6.45) is 1.49. The maximum atomic E-state index is 12.7. The number of rotatable bonds is 7. The van der Waals surface area contributed by atoms with E-state index in [1.807, 2.05) is 11.4 Å². The Hall–Kier alpha value is -2.23. The molecule has 1 N–H and O–H groups in total. The van der Waals surface area contributed by atoms with E-state index < -0.39 is 10.0 Å². The summed E-state index contributed by atoms with van der Waals surface area (Å²) >= 11 is 1.40. The number of hydrogen-bond donors (Lipinski definition) is 1. The van der Waals surface area contributed by atoms with Gasteiger partial charge in [-0.25, -0.2) is 8.42 Å². The Morgan fingerprint density at radius 2 is 1.87 bits per heavy atom. The van der Waals surface area contributed by atoms with Gasteiger partial charge in [-0.2, -0.15) is 4.31 Å². The predicted octanol–water partition coefficient (Wildman–Crippen LogP) is 3.27. The number of carbonyl (C=O) groups excluding carboxylic acids is 2. The normalized spacial score (nSPS) is 17.2. The molecule has 1 atom stereocenters. The maximum Gasteiger partial charge on any atom is 0.263 e. The maximum absolute atomic E-state index is 12.7. The molecule has 1 aliphatic rings. The van der Waals surface area contributed by atoms with Crippen molar-refractivity contribution in [3.63, 3.8) is 0 Å². The number of nitrogens with zero attached hydrogens (tertiary/aromatic N) is 2. The van der Waals surface area contributed by atoms with Crippen molar-refractivity contribution < 1.29 is 18.0 Å². The van der Waals surface area contributed by atoms with E-state index in [1.54, 1.807) is 36.9 Å². The summed E-state index contributed by atoms with van der Waals surface area (Å²) in [4.78, 5) is 27.9. The van der Waals surface area contributed by atoms with Crippen molar-refractivity contribution in [2.24, 2.45) is 5.92 Å². The van der Waals surface area contributed by atoms with E-state index in [2.05, 4.69) is 5.32 Å². The molecule has 0 aliphatic carbocycles. The van der Waals surface area contributed by atoms with E-state index in [0.29, 0.717) is 43.2 Å². The van der Waals surface area contributed by atoms with Gasteiger partial charge in [0.05, 0.1) is 15.7 Å². The van der Waals surface area contributed by atoms with Crippen molar-refractivity contribution in [1.82, 2.24) is 9.21 Å². The van der Waals surface area contributed by atoms with Crippen LogP contribution in [0.3, 0.4) is 0 Å². The summed E-state index contributed by atoms with van der Waals surface area (Å²) in [7, 11) is -3.53. The summed E-state index contributed by atoms with van der Waals surface area (Å²) in [5.41, 5.74) is 0.542. The SMILES string of the molecule is CCN(CC)S(=O)(=O)c1ccc(NC(=O)[C@H]2CCCN(C(=O)c3cccs3)C2)cc1. The van der Waals surface area contributed by atoms with Gasteiger partial charge in [0.2, 0.25) is 15.9 Å². The van der Waals surface area contributed by atoms with Gasteiger partial charge in [0.25, 0.3) is 5.91 Å². The van der Waals surface area contributed by atoms with Crippen molar-refractivity contribution in [3.05, 3.63) is 46.7 Å². The second-order valence-electron chi connectivity index (χ2n) is 7.17. The largest absolute Gasteiger partial charge is 0.337 e. The Bertz CT molecular complexity index is 968. The first-order chi connectivity index (χ1) is 14.4. The predicted molar refractivity (Wildman–Crippen MR) is 118 cm³/mol. The lowest BCUT2D eigenvalue weighted by atomic mass is 9.97. The first-order valence-corrected chi connectivity index (χ1v) is 12.4. The molecule has 162 valence electrons. The fourth-order valence-electron chi connectivity index (χ4n) is 3.60. The molecule has 2 heterocycles. The lowest BCUT2D eigenvalue weighted by Gasteiger charge is -2.31. The third kappa shape index (κ3) is 4.91. The van der Waals surface area contributed by atoms with E-state index in [4.69, 9.17) is 0 Å². The molecule has 0 spiro atoms. The quantitative estimate of drug-likeness (QED) is 0.703. The number of benzene rings is 1. The molecule has 1 saturated heterocycles. The van der Waals surface area contributed by atoms with Gasteiger partial charge >= 0.3 is 0 Å². The number of sulfonamides is 1. The zero-order valence-electron chi connectivity index (χ0n) is 17.2. The second-order valence-corrected chi connectivity index (χ2v) is 10.1. The molecule has 2 aromatic rings. The molecular formula is C21H27N3O4S2. The van der Waals surface area contributed by atoms with Crippen LogP contribution in [0.1, 0.15) is 36.4 Å². The fourth-order valence-corrected chi connectivity index (χ4v) is 5.75. The molecule has 9 heteroatoms. The zero-order valence-corrected chi connectivity index (χ0v) is 18.8. The van der Waals surface area contributed by atoms with Crippen LogP contribution < -0.4 is 5.32 Å². The Morgan fingerprint density at radius 1 is 1.17 bits per heavy atom. The number of likely N-dealkylation sites (tertiary alicyclic amines) is 1. The van der Waals surface area contributed by atoms with Crippen molar-refractivity contribution in [3.8, 4) is 0 Å². The van der Waals surface area contributed by atoms with E-state index in [0.717, 1.165) is 6.42 Å². The van der Waals surface area contributed by atoms with Gasteiger partial charge < -0.3 is 10.2 Å². The molecular weight excluding hydrogens is 422 g/mol. The topological polar surface area (TPSA) is 86.8 Å². The third-order valence-electron chi connectivity index (χ3n) is 5.28. The molecule has 7 nitrogen and oxygen atoms in total. The molecule has 0 unspecified atom stereocenters. The highest BCUT2D eigenvalue weighted by Gasteiger charge is 2.29. The highest BCUT2D eigenvalue weighted by molar-refractivity contribution is 7.89. The Morgan fingerprint density at radius 3 is 2.47 bits per heavy atom. The third-order valence-corrected chi connectivity index (χ3v) is 8.20. The minimum atomic E-state index is -3.53. The highest BCUT2D eigenvalue weighted by Crippen LogP contribution is 2.23. The van der Waals surface area contributed by atoms with Crippen molar-refractivity contribution in [2.75, 3.05) is 31.5 Å². The lowest BCUT2D eigenvalue weighted by Crippen LogP contribution is -2.43. The Balaban J connectivity index is 1.63. The van der Waals surface area contributed by atoms with Gasteiger partial charge in [-0.3, -0.25) is 9.59 Å². The van der Waals surface area contributed by atoms with Gasteiger partial charge in [-0.05, 0) is 48.6 Å². The number of anilines is 1. The van der Waals surface area contributed by atoms with Crippen LogP contribution in [-0.2, 0) is 14.8 Å². The lowest BCUT2D eigenvalue weighted by molar-refractivity contribution is -0.121. The number of amides is 2. The van der Waals surface area contributed by atoms with Crippen LogP contribution in [0.25, 0.3) is 0 Å². The van der Waals surface area contributed by atoms with Crippen LogP contribution in [0.15, 0.2) is 46.7 Å². The van der Waals surface area contributed by atoms with Crippen LogP contribution in [0.2, 0.25) is 0 Å². The Kier molecular flexibility index (Phi) is 7.27. The molecule has 0 saturated carbocycles. The summed E-state index contributed by atoms with van der Waals surface area (Å²) in [5.74, 6) is -0.478. The fraction of sp³-hybridized carbons (Fsp3) is 0.429. The molecule has 2 amide bonds. The average molecular weight is 450 g/mol. The minimum absolute atomic E-state index is 0.0338. The monoisotopic (exact) mass is 449 g/mol. The van der Waals surface area contributed by atoms with Gasteiger partial charge in [-0.15, -0.1) is 11.3 Å². The van der Waals surface area contributed by atoms with Crippen LogP contribution in [0, 0.1) is 5.92 Å². The molecule has 0 bridgehead atoms. The smallest absolute Gasteiger partial charge is 0.263 e. The number of thiophene rings is 1. The molecule has 1 aromatic heterocycles. The van der Waals surface area contributed by atoms with Crippen molar-refractivity contribution >= 4 is 38.9 Å². The molecule has 1 aliphatic heterocycles. The van der Waals surface area contributed by atoms with Crippen LogP contribution >= 0.6 is 11.3 Å². The standard InChI is InChI=1S/C21H27N3O4S2/c1-3-24(4-2)30(27,28)18-11-9-17(10-12-18)22-20(25)16-7-5-13-23(15-16)21(26)19-8-6-14-29-19/h6,8-12,14,16H,3-5,7,13,15H2,1-2H3,(H,22,25)/t16-/m0/s1. The number of piperidine rings is 1. The summed E-state index contributed by atoms with van der Waals surface area (Å²) in [6.45, 7) is 5.44. The van der Waals surface area contributed by atoms with E-state index >= 15 is 0 Å². The summed E-state index contributed by atoms with van der Waals surface area (Å²) in [5, 5.41) is 4.73. The second kappa shape index (κ2) is 9.72. The molecule has 30 heavy (non-hydrogen) atoms. The van der Waals surface area contributed by atoms with Crippen molar-refractivity contribution in [2.45, 2.75) is 31.6 Å². The molecule has 1 fully saturated rings. The van der Waals surface area contributed by atoms with Gasteiger partial charge in [0.1, 0.15) is 0 Å². The number of nitrogens with one attached hydrogen (secondary N) is 1. The number of hydrogen-bond acceptors (Lipinski definition) is 5. The van der Waals surface area contributed by atoms with Gasteiger partial charge in [-0.1, -0.05) is 19.9 Å². The number of carbonyl (C=O) groups is 2. The summed E-state index contributed by atoms with van der Waals surface area (Å²) < 4.78 is 26.5. The first kappa shape index (κ1) is 22.5.